The van der Waals surface area contributed by atoms with Crippen LogP contribution in [0.2, 0.25) is 5.02 Å². The van der Waals surface area contributed by atoms with Gasteiger partial charge in [0.2, 0.25) is 0 Å². The number of aliphatic hydroxyl groups is 1. The molecule has 3 N–H and O–H groups in total. The van der Waals surface area contributed by atoms with Crippen molar-refractivity contribution >= 4 is 17.3 Å². The molecule has 0 saturated carbocycles. The van der Waals surface area contributed by atoms with E-state index in [-0.39, 0.29) is 5.02 Å². The van der Waals surface area contributed by atoms with Crippen molar-refractivity contribution in [2.24, 2.45) is 5.73 Å². The summed E-state index contributed by atoms with van der Waals surface area (Å²) in [6.45, 7) is 0. The summed E-state index contributed by atoms with van der Waals surface area (Å²) in [5.74, 6) is 0. The summed E-state index contributed by atoms with van der Waals surface area (Å²) in [4.78, 5) is 9.76. The Labute approximate surface area is 104 Å². The van der Waals surface area contributed by atoms with Gasteiger partial charge in [-0.3, -0.25) is 10.1 Å². The van der Waals surface area contributed by atoms with Crippen LogP contribution >= 0.6 is 11.6 Å². The summed E-state index contributed by atoms with van der Waals surface area (Å²) in [6, 6.07) is 1.03. The Morgan fingerprint density at radius 3 is 2.44 bits per heavy atom. The maximum atomic E-state index is 12.3. The third kappa shape index (κ3) is 3.09. The van der Waals surface area contributed by atoms with Crippen LogP contribution < -0.4 is 5.73 Å². The van der Waals surface area contributed by atoms with Crippen molar-refractivity contribution in [2.75, 3.05) is 0 Å². The van der Waals surface area contributed by atoms with E-state index in [0.717, 1.165) is 18.2 Å². The number of hydrogen-bond donors (Lipinski definition) is 2. The first-order chi connectivity index (χ1) is 8.14. The molecule has 100 valence electrons. The van der Waals surface area contributed by atoms with E-state index in [9.17, 15) is 23.3 Å². The summed E-state index contributed by atoms with van der Waals surface area (Å²) in [5, 5.41) is 19.6. The lowest BCUT2D eigenvalue weighted by molar-refractivity contribution is -0.386. The lowest BCUT2D eigenvalue weighted by atomic mass is 10.00. The topological polar surface area (TPSA) is 89.4 Å². The second-order valence-corrected chi connectivity index (χ2v) is 3.91. The third-order valence-corrected chi connectivity index (χ3v) is 2.46. The fourth-order valence-corrected chi connectivity index (χ4v) is 1.51. The van der Waals surface area contributed by atoms with Crippen molar-refractivity contribution in [1.29, 1.82) is 0 Å². The number of nitro benzene ring substituents is 1. The minimum Gasteiger partial charge on any atom is -0.382 e. The number of nitrogens with zero attached hydrogens (tertiary/aromatic N) is 1. The molecule has 0 heterocycles. The smallest absolute Gasteiger partial charge is 0.382 e. The van der Waals surface area contributed by atoms with Gasteiger partial charge in [-0.25, -0.2) is 0 Å². The van der Waals surface area contributed by atoms with Crippen molar-refractivity contribution in [3.05, 3.63) is 38.9 Å². The lowest BCUT2D eigenvalue weighted by Crippen LogP contribution is -2.39. The van der Waals surface area contributed by atoms with Crippen molar-refractivity contribution in [3.8, 4) is 0 Å². The Kier molecular flexibility index (Phi) is 4.15. The molecule has 9 heteroatoms. The van der Waals surface area contributed by atoms with Crippen LogP contribution in [-0.4, -0.2) is 22.3 Å². The van der Waals surface area contributed by atoms with Crippen molar-refractivity contribution in [2.45, 2.75) is 18.3 Å². The van der Waals surface area contributed by atoms with E-state index in [1.54, 1.807) is 0 Å². The number of rotatable bonds is 3. The molecule has 1 rings (SSSR count). The Bertz CT molecular complexity index is 467. The first-order valence-corrected chi connectivity index (χ1v) is 4.96. The van der Waals surface area contributed by atoms with Gasteiger partial charge in [0.1, 0.15) is 0 Å². The zero-order valence-electron chi connectivity index (χ0n) is 8.69. The lowest BCUT2D eigenvalue weighted by Gasteiger charge is -2.21. The fraction of sp³-hybridized carbons (Fsp3) is 0.333. The third-order valence-electron chi connectivity index (χ3n) is 2.22. The molecule has 0 saturated heterocycles. The van der Waals surface area contributed by atoms with Crippen LogP contribution in [-0.2, 0) is 0 Å². The van der Waals surface area contributed by atoms with Gasteiger partial charge in [0.05, 0.1) is 16.5 Å². The van der Waals surface area contributed by atoms with Crippen molar-refractivity contribution in [3.63, 3.8) is 0 Å². The highest BCUT2D eigenvalue weighted by molar-refractivity contribution is 6.30. The van der Waals surface area contributed by atoms with Crippen LogP contribution in [0.4, 0.5) is 18.9 Å². The van der Waals surface area contributed by atoms with Gasteiger partial charge >= 0.3 is 6.18 Å². The predicted molar refractivity (Wildman–Crippen MR) is 57.1 cm³/mol. The molecule has 2 atom stereocenters. The first-order valence-electron chi connectivity index (χ1n) is 4.58. The van der Waals surface area contributed by atoms with Gasteiger partial charge in [0.25, 0.3) is 5.69 Å². The quantitative estimate of drug-likeness (QED) is 0.657. The fourth-order valence-electron chi connectivity index (χ4n) is 1.33. The Morgan fingerprint density at radius 2 is 2.00 bits per heavy atom. The number of aliphatic hydroxyl groups excluding tert-OH is 1. The Balaban J connectivity index is 3.23. The minimum atomic E-state index is -4.98. The van der Waals surface area contributed by atoms with Gasteiger partial charge in [-0.1, -0.05) is 11.6 Å². The zero-order valence-corrected chi connectivity index (χ0v) is 9.44. The second-order valence-electron chi connectivity index (χ2n) is 3.47. The number of benzene rings is 1. The van der Waals surface area contributed by atoms with Crippen LogP contribution in [0, 0.1) is 10.1 Å². The largest absolute Gasteiger partial charge is 0.416 e. The summed E-state index contributed by atoms with van der Waals surface area (Å²) < 4.78 is 36.9. The van der Waals surface area contributed by atoms with Crippen LogP contribution in [0.25, 0.3) is 0 Å². The molecule has 0 bridgehead atoms. The molecule has 0 fully saturated rings. The van der Waals surface area contributed by atoms with Gasteiger partial charge in [-0.2, -0.15) is 13.2 Å². The van der Waals surface area contributed by atoms with E-state index in [1.165, 1.54) is 0 Å². The summed E-state index contributed by atoms with van der Waals surface area (Å²) >= 11 is 5.54. The number of nitrogens with two attached hydrogens (primary N) is 1. The Hall–Kier alpha value is -1.38. The van der Waals surface area contributed by atoms with Crippen LogP contribution in [0.5, 0.6) is 0 Å². The summed E-state index contributed by atoms with van der Waals surface area (Å²) in [6.07, 6.45) is -7.88. The molecule has 1 aromatic carbocycles. The predicted octanol–water partition coefficient (Wildman–Crippen LogP) is 2.17. The molecule has 0 aliphatic rings. The average molecular weight is 285 g/mol. The minimum absolute atomic E-state index is 0.0135. The number of hydrogen-bond acceptors (Lipinski definition) is 4. The van der Waals surface area contributed by atoms with Gasteiger partial charge in [0.15, 0.2) is 6.10 Å². The van der Waals surface area contributed by atoms with Gasteiger partial charge in [0, 0.05) is 11.1 Å². The van der Waals surface area contributed by atoms with E-state index in [2.05, 4.69) is 0 Å². The molecule has 0 spiro atoms. The van der Waals surface area contributed by atoms with Crippen LogP contribution in [0.15, 0.2) is 18.2 Å². The molecule has 0 amide bonds. The highest BCUT2D eigenvalue weighted by Crippen LogP contribution is 2.34. The maximum absolute atomic E-state index is 12.3. The monoisotopic (exact) mass is 284 g/mol. The average Bonchev–Trinajstić information content (AvgIpc) is 2.25. The second kappa shape index (κ2) is 5.09. The summed E-state index contributed by atoms with van der Waals surface area (Å²) in [7, 11) is 0. The van der Waals surface area contributed by atoms with Crippen LogP contribution in [0.3, 0.4) is 0 Å². The molecular weight excluding hydrogens is 277 g/mol. The number of alkyl halides is 3. The molecule has 0 aromatic heterocycles. The van der Waals surface area contributed by atoms with E-state index >= 15 is 0 Å². The first kappa shape index (κ1) is 14.7. The van der Waals surface area contributed by atoms with E-state index in [0.29, 0.717) is 0 Å². The summed E-state index contributed by atoms with van der Waals surface area (Å²) in [5.41, 5.74) is 4.09. The molecule has 0 radical (unpaired) electrons. The molecule has 0 aliphatic heterocycles. The molecule has 0 unspecified atom stereocenters. The maximum Gasteiger partial charge on any atom is 0.416 e. The highest BCUT2D eigenvalue weighted by atomic mass is 35.5. The van der Waals surface area contributed by atoms with Crippen LogP contribution in [0.1, 0.15) is 11.6 Å². The van der Waals surface area contributed by atoms with E-state index in [1.807, 2.05) is 0 Å². The highest BCUT2D eigenvalue weighted by Gasteiger charge is 2.44. The molecule has 1 aromatic rings. The normalized spacial score (nSPS) is 15.2. The van der Waals surface area contributed by atoms with E-state index < -0.39 is 34.5 Å². The number of halogens is 4. The van der Waals surface area contributed by atoms with Crippen molar-refractivity contribution < 1.29 is 23.2 Å². The van der Waals surface area contributed by atoms with Gasteiger partial charge in [-0.05, 0) is 12.1 Å². The van der Waals surface area contributed by atoms with Crippen molar-refractivity contribution in [1.82, 2.24) is 0 Å². The van der Waals surface area contributed by atoms with Gasteiger partial charge in [-0.15, -0.1) is 0 Å². The SMILES string of the molecule is N[C@@H](c1cc(Cl)ccc1[N+](=O)[O-])[C@H](O)C(F)(F)F. The standard InChI is InChI=1S/C9H8ClF3N2O3/c10-4-1-2-6(15(17)18)5(3-4)7(14)8(16)9(11,12)13/h1-3,7-8,16H,14H2/t7-,8-/m0/s1. The Morgan fingerprint density at radius 1 is 1.44 bits per heavy atom. The molecule has 0 aliphatic carbocycles. The number of nitro groups is 1. The molecule has 18 heavy (non-hydrogen) atoms. The molecular formula is C9H8ClF3N2O3. The molecule has 5 nitrogen and oxygen atoms in total. The van der Waals surface area contributed by atoms with E-state index in [4.69, 9.17) is 22.4 Å². The zero-order chi connectivity index (χ0) is 14.1. The van der Waals surface area contributed by atoms with Gasteiger partial charge < -0.3 is 10.8 Å².